The van der Waals surface area contributed by atoms with E-state index in [1.165, 1.54) is 19.3 Å². The van der Waals surface area contributed by atoms with Crippen molar-refractivity contribution in [3.8, 4) is 5.75 Å². The Morgan fingerprint density at radius 1 is 0.912 bits per heavy atom. The third kappa shape index (κ3) is 4.29. The molecule has 2 heterocycles. The lowest BCUT2D eigenvalue weighted by Gasteiger charge is -2.37. The topological polar surface area (TPSA) is 48.9 Å². The van der Waals surface area contributed by atoms with Gasteiger partial charge in [0.25, 0.3) is 5.91 Å². The second kappa shape index (κ2) is 9.92. The molecule has 34 heavy (non-hydrogen) atoms. The van der Waals surface area contributed by atoms with E-state index < -0.39 is 0 Å². The zero-order chi connectivity index (χ0) is 23.5. The summed E-state index contributed by atoms with van der Waals surface area (Å²) in [7, 11) is 3.68. The van der Waals surface area contributed by atoms with Crippen LogP contribution in [0.4, 0.5) is 11.5 Å². The summed E-state index contributed by atoms with van der Waals surface area (Å²) in [6.45, 7) is 3.51. The first-order valence-electron chi connectivity index (χ1n) is 12.4. The SMILES string of the molecule is COc1ccccc1N1CCN(c2ncc(C(=O)N(C)C3CCCCC3)c3ccccc23)CC1. The molecule has 1 aliphatic carbocycles. The van der Waals surface area contributed by atoms with Crippen molar-refractivity contribution in [3.63, 3.8) is 0 Å². The fourth-order valence-corrected chi connectivity index (χ4v) is 5.47. The zero-order valence-electron chi connectivity index (χ0n) is 20.2. The number of carbonyl (C=O) groups excluding carboxylic acids is 1. The molecule has 1 saturated heterocycles. The summed E-state index contributed by atoms with van der Waals surface area (Å²) in [6, 6.07) is 16.7. The van der Waals surface area contributed by atoms with Crippen molar-refractivity contribution >= 4 is 28.2 Å². The Morgan fingerprint density at radius 3 is 2.29 bits per heavy atom. The third-order valence-electron chi connectivity index (χ3n) is 7.45. The summed E-state index contributed by atoms with van der Waals surface area (Å²) in [6.07, 6.45) is 7.69. The minimum atomic E-state index is 0.0862. The molecule has 1 amide bonds. The molecule has 6 nitrogen and oxygen atoms in total. The maximum absolute atomic E-state index is 13.5. The average Bonchev–Trinajstić information content (AvgIpc) is 2.92. The second-order valence-electron chi connectivity index (χ2n) is 9.39. The number of piperazine rings is 1. The number of benzene rings is 2. The number of para-hydroxylation sites is 2. The van der Waals surface area contributed by atoms with Gasteiger partial charge in [-0.3, -0.25) is 4.79 Å². The maximum atomic E-state index is 13.5. The van der Waals surface area contributed by atoms with Crippen molar-refractivity contribution in [1.29, 1.82) is 0 Å². The van der Waals surface area contributed by atoms with E-state index in [0.717, 1.165) is 67.0 Å². The molecule has 1 aliphatic heterocycles. The van der Waals surface area contributed by atoms with Crippen LogP contribution in [0.5, 0.6) is 5.75 Å². The summed E-state index contributed by atoms with van der Waals surface area (Å²) >= 11 is 0. The molecular weight excluding hydrogens is 424 g/mol. The summed E-state index contributed by atoms with van der Waals surface area (Å²) in [5.41, 5.74) is 1.84. The van der Waals surface area contributed by atoms with E-state index in [4.69, 9.17) is 9.72 Å². The maximum Gasteiger partial charge on any atom is 0.256 e. The highest BCUT2D eigenvalue weighted by Gasteiger charge is 2.26. The zero-order valence-corrected chi connectivity index (χ0v) is 20.2. The van der Waals surface area contributed by atoms with Crippen LogP contribution in [0.1, 0.15) is 42.5 Å². The monoisotopic (exact) mass is 458 g/mol. The lowest BCUT2D eigenvalue weighted by molar-refractivity contribution is 0.0698. The van der Waals surface area contributed by atoms with Gasteiger partial charge in [-0.25, -0.2) is 4.98 Å². The number of nitrogens with zero attached hydrogens (tertiary/aromatic N) is 4. The number of hydrogen-bond acceptors (Lipinski definition) is 5. The quantitative estimate of drug-likeness (QED) is 0.540. The first-order valence-corrected chi connectivity index (χ1v) is 12.4. The van der Waals surface area contributed by atoms with Crippen molar-refractivity contribution in [3.05, 3.63) is 60.3 Å². The molecule has 1 aromatic heterocycles. The van der Waals surface area contributed by atoms with Gasteiger partial charge in [0.05, 0.1) is 18.4 Å². The molecule has 2 fully saturated rings. The lowest BCUT2D eigenvalue weighted by Crippen LogP contribution is -2.47. The van der Waals surface area contributed by atoms with Gasteiger partial charge in [0.2, 0.25) is 0 Å². The molecule has 1 saturated carbocycles. The molecule has 0 spiro atoms. The first-order chi connectivity index (χ1) is 16.7. The van der Waals surface area contributed by atoms with E-state index in [9.17, 15) is 4.79 Å². The third-order valence-corrected chi connectivity index (χ3v) is 7.45. The van der Waals surface area contributed by atoms with Crippen LogP contribution in [0.2, 0.25) is 0 Å². The molecule has 2 aliphatic rings. The van der Waals surface area contributed by atoms with Crippen LogP contribution < -0.4 is 14.5 Å². The molecule has 0 N–H and O–H groups in total. The summed E-state index contributed by atoms with van der Waals surface area (Å²) < 4.78 is 5.56. The van der Waals surface area contributed by atoms with Crippen LogP contribution >= 0.6 is 0 Å². The van der Waals surface area contributed by atoms with E-state index >= 15 is 0 Å². The van der Waals surface area contributed by atoms with Gasteiger partial charge in [-0.05, 0) is 30.4 Å². The summed E-state index contributed by atoms with van der Waals surface area (Å²) in [5, 5.41) is 2.04. The Bertz CT molecular complexity index is 1150. The normalized spacial score (nSPS) is 17.1. The molecule has 5 rings (SSSR count). The molecule has 0 atom stereocenters. The van der Waals surface area contributed by atoms with Crippen LogP contribution in [0.25, 0.3) is 10.8 Å². The number of carbonyl (C=O) groups is 1. The molecule has 0 radical (unpaired) electrons. The minimum Gasteiger partial charge on any atom is -0.495 e. The standard InChI is InChI=1S/C28H34N4O2/c1-30(21-10-4-3-5-11-21)28(33)24-20-29-27(23-13-7-6-12-22(23)24)32-18-16-31(17-19-32)25-14-8-9-15-26(25)34-2/h6-9,12-15,20-21H,3-5,10-11,16-19H2,1-2H3. The Kier molecular flexibility index (Phi) is 6.57. The second-order valence-corrected chi connectivity index (χ2v) is 9.39. The molecule has 178 valence electrons. The Hall–Kier alpha value is -3.28. The van der Waals surface area contributed by atoms with Crippen LogP contribution in [-0.2, 0) is 0 Å². The predicted octanol–water partition coefficient (Wildman–Crippen LogP) is 4.97. The van der Waals surface area contributed by atoms with E-state index in [0.29, 0.717) is 11.6 Å². The molecule has 2 aromatic carbocycles. The lowest BCUT2D eigenvalue weighted by atomic mass is 9.94. The Morgan fingerprint density at radius 2 is 1.56 bits per heavy atom. The van der Waals surface area contributed by atoms with E-state index in [2.05, 4.69) is 34.1 Å². The number of hydrogen-bond donors (Lipinski definition) is 0. The highest BCUT2D eigenvalue weighted by molar-refractivity contribution is 6.09. The highest BCUT2D eigenvalue weighted by atomic mass is 16.5. The molecule has 6 heteroatoms. The summed E-state index contributed by atoms with van der Waals surface area (Å²) in [4.78, 5) is 25.0. The van der Waals surface area contributed by atoms with Gasteiger partial charge in [-0.2, -0.15) is 0 Å². The van der Waals surface area contributed by atoms with Gasteiger partial charge in [0, 0.05) is 50.9 Å². The van der Waals surface area contributed by atoms with E-state index in [1.807, 2.05) is 36.2 Å². The largest absolute Gasteiger partial charge is 0.495 e. The fourth-order valence-electron chi connectivity index (χ4n) is 5.47. The van der Waals surface area contributed by atoms with Crippen molar-refractivity contribution in [2.45, 2.75) is 38.1 Å². The van der Waals surface area contributed by atoms with Crippen LogP contribution in [0.3, 0.4) is 0 Å². The van der Waals surface area contributed by atoms with Crippen molar-refractivity contribution in [2.75, 3.05) is 50.1 Å². The number of amides is 1. The molecule has 0 bridgehead atoms. The van der Waals surface area contributed by atoms with Crippen molar-refractivity contribution in [2.24, 2.45) is 0 Å². The predicted molar refractivity (Wildman–Crippen MR) is 138 cm³/mol. The fraction of sp³-hybridized carbons (Fsp3) is 0.429. The van der Waals surface area contributed by atoms with E-state index in [-0.39, 0.29) is 5.91 Å². The Labute approximate surface area is 202 Å². The smallest absolute Gasteiger partial charge is 0.256 e. The van der Waals surface area contributed by atoms with Gasteiger partial charge >= 0.3 is 0 Å². The van der Waals surface area contributed by atoms with Gasteiger partial charge in [0.1, 0.15) is 11.6 Å². The van der Waals surface area contributed by atoms with Gasteiger partial charge in [-0.1, -0.05) is 55.7 Å². The molecule has 3 aromatic rings. The number of pyridine rings is 1. The summed E-state index contributed by atoms with van der Waals surface area (Å²) in [5.74, 6) is 1.96. The Balaban J connectivity index is 1.38. The number of ether oxygens (including phenoxy) is 1. The van der Waals surface area contributed by atoms with Crippen LogP contribution in [0.15, 0.2) is 54.7 Å². The van der Waals surface area contributed by atoms with Crippen LogP contribution in [-0.4, -0.2) is 62.2 Å². The van der Waals surface area contributed by atoms with Gasteiger partial charge in [0.15, 0.2) is 0 Å². The van der Waals surface area contributed by atoms with Gasteiger partial charge < -0.3 is 19.4 Å². The number of rotatable bonds is 5. The number of fused-ring (bicyclic) bond motifs is 1. The average molecular weight is 459 g/mol. The van der Waals surface area contributed by atoms with Crippen molar-refractivity contribution < 1.29 is 9.53 Å². The minimum absolute atomic E-state index is 0.0862. The number of aromatic nitrogens is 1. The first kappa shape index (κ1) is 22.5. The van der Waals surface area contributed by atoms with Crippen LogP contribution in [0, 0.1) is 0 Å². The molecule has 0 unspecified atom stereocenters. The highest BCUT2D eigenvalue weighted by Crippen LogP contribution is 2.32. The van der Waals surface area contributed by atoms with Crippen molar-refractivity contribution in [1.82, 2.24) is 9.88 Å². The van der Waals surface area contributed by atoms with Gasteiger partial charge in [-0.15, -0.1) is 0 Å². The molecular formula is C28H34N4O2. The number of methoxy groups -OCH3 is 1. The van der Waals surface area contributed by atoms with E-state index in [1.54, 1.807) is 13.3 Å². The number of anilines is 2.